The molecule has 0 aliphatic carbocycles. The molecule has 0 radical (unpaired) electrons. The van der Waals surface area contributed by atoms with E-state index in [1.807, 2.05) is 24.3 Å². The Morgan fingerprint density at radius 2 is 1.93 bits per heavy atom. The van der Waals surface area contributed by atoms with Gasteiger partial charge in [-0.3, -0.25) is 4.98 Å². The first kappa shape index (κ1) is 8.17. The molecular weight excluding hydrogens is 190 g/mol. The zero-order chi connectivity index (χ0) is 10.3. The Labute approximate surface area is 85.0 Å². The molecule has 3 heteroatoms. The first-order valence-electron chi connectivity index (χ1n) is 4.62. The lowest BCUT2D eigenvalue weighted by Crippen LogP contribution is -1.94. The summed E-state index contributed by atoms with van der Waals surface area (Å²) in [6.45, 7) is 0. The van der Waals surface area contributed by atoms with Crippen LogP contribution in [-0.4, -0.2) is 4.98 Å². The second kappa shape index (κ2) is 2.92. The van der Waals surface area contributed by atoms with Crippen LogP contribution in [0.5, 0.6) is 0 Å². The van der Waals surface area contributed by atoms with Crippen molar-refractivity contribution < 1.29 is 4.42 Å². The Balaban J connectivity index is 2.63. The van der Waals surface area contributed by atoms with Gasteiger partial charge in [0.25, 0.3) is 0 Å². The second-order valence-electron chi connectivity index (χ2n) is 3.31. The SMILES string of the molecule is O=c1ccc2ccc3ncccc3c2o1. The lowest BCUT2D eigenvalue weighted by atomic mass is 10.1. The third-order valence-electron chi connectivity index (χ3n) is 2.37. The third-order valence-corrected chi connectivity index (χ3v) is 2.37. The molecule has 2 heterocycles. The normalized spacial score (nSPS) is 10.9. The fourth-order valence-corrected chi connectivity index (χ4v) is 1.68. The van der Waals surface area contributed by atoms with Crippen LogP contribution in [0.1, 0.15) is 0 Å². The van der Waals surface area contributed by atoms with E-state index in [0.29, 0.717) is 5.58 Å². The number of benzene rings is 1. The van der Waals surface area contributed by atoms with Crippen molar-refractivity contribution in [2.45, 2.75) is 0 Å². The van der Waals surface area contributed by atoms with Crippen LogP contribution in [0.2, 0.25) is 0 Å². The number of aromatic nitrogens is 1. The summed E-state index contributed by atoms with van der Waals surface area (Å²) in [6.07, 6.45) is 1.72. The van der Waals surface area contributed by atoms with E-state index in [4.69, 9.17) is 4.42 Å². The maximum atomic E-state index is 11.1. The van der Waals surface area contributed by atoms with E-state index < -0.39 is 0 Å². The monoisotopic (exact) mass is 197 g/mol. The minimum absolute atomic E-state index is 0.334. The lowest BCUT2D eigenvalue weighted by Gasteiger charge is -1.99. The van der Waals surface area contributed by atoms with Gasteiger partial charge in [-0.05, 0) is 30.3 Å². The molecule has 0 aliphatic rings. The largest absolute Gasteiger partial charge is 0.422 e. The van der Waals surface area contributed by atoms with Gasteiger partial charge in [-0.15, -0.1) is 0 Å². The van der Waals surface area contributed by atoms with Crippen LogP contribution in [0.15, 0.2) is 51.8 Å². The van der Waals surface area contributed by atoms with E-state index >= 15 is 0 Å². The van der Waals surface area contributed by atoms with Crippen LogP contribution in [0.25, 0.3) is 21.9 Å². The molecule has 1 aromatic carbocycles. The van der Waals surface area contributed by atoms with Gasteiger partial charge >= 0.3 is 5.63 Å². The van der Waals surface area contributed by atoms with Crippen molar-refractivity contribution in [1.82, 2.24) is 4.98 Å². The Bertz CT molecular complexity index is 700. The highest BCUT2D eigenvalue weighted by Gasteiger charge is 2.02. The minimum Gasteiger partial charge on any atom is -0.422 e. The first-order valence-corrected chi connectivity index (χ1v) is 4.62. The number of pyridine rings is 1. The van der Waals surface area contributed by atoms with E-state index in [1.54, 1.807) is 12.3 Å². The highest BCUT2D eigenvalue weighted by Crippen LogP contribution is 2.21. The predicted octanol–water partition coefficient (Wildman–Crippen LogP) is 2.34. The third kappa shape index (κ3) is 1.21. The minimum atomic E-state index is -0.334. The Kier molecular flexibility index (Phi) is 1.59. The van der Waals surface area contributed by atoms with Crippen molar-refractivity contribution >= 4 is 21.9 Å². The molecule has 0 saturated carbocycles. The number of hydrogen-bond acceptors (Lipinski definition) is 3. The summed E-state index contributed by atoms with van der Waals surface area (Å²) in [5.74, 6) is 0. The van der Waals surface area contributed by atoms with Gasteiger partial charge in [0.15, 0.2) is 0 Å². The summed E-state index contributed by atoms with van der Waals surface area (Å²) in [6, 6.07) is 10.7. The van der Waals surface area contributed by atoms with Crippen LogP contribution in [-0.2, 0) is 0 Å². The molecule has 0 spiro atoms. The van der Waals surface area contributed by atoms with Gasteiger partial charge in [-0.1, -0.05) is 0 Å². The van der Waals surface area contributed by atoms with Gasteiger partial charge in [0.1, 0.15) is 5.58 Å². The van der Waals surface area contributed by atoms with Gasteiger partial charge in [0, 0.05) is 23.0 Å². The maximum absolute atomic E-state index is 11.1. The molecule has 2 aromatic heterocycles. The van der Waals surface area contributed by atoms with E-state index in [1.165, 1.54) is 6.07 Å². The second-order valence-corrected chi connectivity index (χ2v) is 3.31. The van der Waals surface area contributed by atoms with Crippen LogP contribution < -0.4 is 5.63 Å². The lowest BCUT2D eigenvalue weighted by molar-refractivity contribution is 0.564. The Hall–Kier alpha value is -2.16. The topological polar surface area (TPSA) is 43.1 Å². The molecule has 0 saturated heterocycles. The fraction of sp³-hybridized carbons (Fsp3) is 0. The molecular formula is C12H7NO2. The molecule has 15 heavy (non-hydrogen) atoms. The molecule has 3 aromatic rings. The summed E-state index contributed by atoms with van der Waals surface area (Å²) in [5, 5.41) is 1.78. The molecule has 0 N–H and O–H groups in total. The predicted molar refractivity (Wildman–Crippen MR) is 57.8 cm³/mol. The fourth-order valence-electron chi connectivity index (χ4n) is 1.68. The van der Waals surface area contributed by atoms with Crippen LogP contribution in [0.3, 0.4) is 0 Å². The summed E-state index contributed by atoms with van der Waals surface area (Å²) >= 11 is 0. The van der Waals surface area contributed by atoms with E-state index in [0.717, 1.165) is 16.3 Å². The smallest absolute Gasteiger partial charge is 0.336 e. The average Bonchev–Trinajstić information content (AvgIpc) is 2.29. The number of rotatable bonds is 0. The Morgan fingerprint density at radius 3 is 2.87 bits per heavy atom. The quantitative estimate of drug-likeness (QED) is 0.410. The van der Waals surface area contributed by atoms with Crippen molar-refractivity contribution in [3.05, 3.63) is 53.0 Å². The molecule has 0 fully saturated rings. The summed E-state index contributed by atoms with van der Waals surface area (Å²) in [4.78, 5) is 15.3. The van der Waals surface area contributed by atoms with Crippen molar-refractivity contribution in [1.29, 1.82) is 0 Å². The zero-order valence-electron chi connectivity index (χ0n) is 7.81. The average molecular weight is 197 g/mol. The number of nitrogens with zero attached hydrogens (tertiary/aromatic N) is 1. The standard InChI is InChI=1S/C12H7NO2/c14-11-6-4-8-3-5-10-9(12(8)15-11)2-1-7-13-10/h1-7H. The number of hydrogen-bond donors (Lipinski definition) is 0. The number of fused-ring (bicyclic) bond motifs is 3. The van der Waals surface area contributed by atoms with Gasteiger partial charge in [0.2, 0.25) is 0 Å². The van der Waals surface area contributed by atoms with Crippen LogP contribution >= 0.6 is 0 Å². The molecule has 0 unspecified atom stereocenters. The summed E-state index contributed by atoms with van der Waals surface area (Å²) in [7, 11) is 0. The van der Waals surface area contributed by atoms with E-state index in [9.17, 15) is 4.79 Å². The van der Waals surface area contributed by atoms with Gasteiger partial charge in [-0.2, -0.15) is 0 Å². The molecule has 0 atom stereocenters. The van der Waals surface area contributed by atoms with E-state index in [-0.39, 0.29) is 5.63 Å². The van der Waals surface area contributed by atoms with Crippen molar-refractivity contribution in [3.8, 4) is 0 Å². The first-order chi connectivity index (χ1) is 7.34. The van der Waals surface area contributed by atoms with Crippen LogP contribution in [0, 0.1) is 0 Å². The highest BCUT2D eigenvalue weighted by molar-refractivity contribution is 6.02. The molecule has 0 bridgehead atoms. The van der Waals surface area contributed by atoms with Crippen molar-refractivity contribution in [2.24, 2.45) is 0 Å². The molecule has 3 rings (SSSR count). The van der Waals surface area contributed by atoms with Crippen LogP contribution in [0.4, 0.5) is 0 Å². The molecule has 0 amide bonds. The molecule has 3 nitrogen and oxygen atoms in total. The van der Waals surface area contributed by atoms with Crippen molar-refractivity contribution in [2.75, 3.05) is 0 Å². The van der Waals surface area contributed by atoms with Crippen molar-refractivity contribution in [3.63, 3.8) is 0 Å². The molecule has 0 aliphatic heterocycles. The van der Waals surface area contributed by atoms with E-state index in [2.05, 4.69) is 4.98 Å². The van der Waals surface area contributed by atoms with Gasteiger partial charge < -0.3 is 4.42 Å². The zero-order valence-corrected chi connectivity index (χ0v) is 7.81. The summed E-state index contributed by atoms with van der Waals surface area (Å²) < 4.78 is 5.18. The molecule has 72 valence electrons. The highest BCUT2D eigenvalue weighted by atomic mass is 16.4. The van der Waals surface area contributed by atoms with Gasteiger partial charge in [-0.25, -0.2) is 4.79 Å². The Morgan fingerprint density at radius 1 is 1.07 bits per heavy atom. The maximum Gasteiger partial charge on any atom is 0.336 e. The van der Waals surface area contributed by atoms with Gasteiger partial charge in [0.05, 0.1) is 5.52 Å². The summed E-state index contributed by atoms with van der Waals surface area (Å²) in [5.41, 5.74) is 1.10.